The molecule has 0 radical (unpaired) electrons. The molecule has 3 rings (SSSR count). The van der Waals surface area contributed by atoms with Gasteiger partial charge >= 0.3 is 0 Å². The summed E-state index contributed by atoms with van der Waals surface area (Å²) in [4.78, 5) is 15.5. The van der Waals surface area contributed by atoms with Crippen molar-refractivity contribution in [2.24, 2.45) is 0 Å². The molecule has 0 aliphatic carbocycles. The van der Waals surface area contributed by atoms with Gasteiger partial charge in [-0.2, -0.15) is 5.10 Å². The second kappa shape index (κ2) is 5.09. The van der Waals surface area contributed by atoms with Crippen LogP contribution in [0.1, 0.15) is 17.0 Å². The maximum atomic E-state index is 12.5. The van der Waals surface area contributed by atoms with Crippen LogP contribution < -0.4 is 0 Å². The lowest BCUT2D eigenvalue weighted by Crippen LogP contribution is -2.31. The Morgan fingerprint density at radius 2 is 2.37 bits per heavy atom. The van der Waals surface area contributed by atoms with E-state index in [4.69, 9.17) is 0 Å². The number of thioether (sulfide) groups is 1. The third-order valence-electron chi connectivity index (χ3n) is 3.35. The van der Waals surface area contributed by atoms with E-state index >= 15 is 0 Å². The normalized spacial score (nSPS) is 17.2. The first-order chi connectivity index (χ1) is 9.25. The second-order valence-electron chi connectivity index (χ2n) is 4.70. The number of carbonyl (C=O) groups is 1. The number of fused-ring (bicyclic) bond motifs is 1. The molecule has 1 unspecified atom stereocenters. The van der Waals surface area contributed by atoms with Gasteiger partial charge in [-0.05, 0) is 11.6 Å². The van der Waals surface area contributed by atoms with Crippen LogP contribution in [0.5, 0.6) is 0 Å². The summed E-state index contributed by atoms with van der Waals surface area (Å²) in [6, 6.07) is 8.17. The number of hydrogen-bond acceptors (Lipinski definition) is 3. The average molecular weight is 273 g/mol. The average Bonchev–Trinajstić information content (AvgIpc) is 3.06. The standard InChI is InChI=1S/C14H15N3OS/c1-17(8-10-6-15-16-7-10)14(18)12-9-19-13-5-3-2-4-11(12)13/h2-7,12H,8-9H2,1H3,(H,15,16). The highest BCUT2D eigenvalue weighted by Gasteiger charge is 2.30. The van der Waals surface area contributed by atoms with Gasteiger partial charge in [0.05, 0.1) is 12.1 Å². The number of likely N-dealkylation sites (N-methyl/N-ethyl adjacent to an activating group) is 1. The zero-order valence-electron chi connectivity index (χ0n) is 10.7. The molecule has 1 aliphatic rings. The molecule has 1 aliphatic heterocycles. The molecule has 2 heterocycles. The largest absolute Gasteiger partial charge is 0.341 e. The van der Waals surface area contributed by atoms with Gasteiger partial charge in [-0.1, -0.05) is 18.2 Å². The summed E-state index contributed by atoms with van der Waals surface area (Å²) in [5.74, 6) is 1.00. The highest BCUT2D eigenvalue weighted by Crippen LogP contribution is 2.40. The molecule has 1 aromatic carbocycles. The number of aromatic amines is 1. The van der Waals surface area contributed by atoms with Crippen LogP contribution in [0.15, 0.2) is 41.6 Å². The van der Waals surface area contributed by atoms with Crippen molar-refractivity contribution in [3.63, 3.8) is 0 Å². The van der Waals surface area contributed by atoms with Crippen molar-refractivity contribution >= 4 is 17.7 Å². The predicted octanol–water partition coefficient (Wildman–Crippen LogP) is 2.26. The number of carbonyl (C=O) groups excluding carboxylic acids is 1. The van der Waals surface area contributed by atoms with Crippen molar-refractivity contribution in [1.82, 2.24) is 15.1 Å². The van der Waals surface area contributed by atoms with Gasteiger partial charge in [-0.15, -0.1) is 11.8 Å². The second-order valence-corrected chi connectivity index (χ2v) is 5.76. The van der Waals surface area contributed by atoms with Gasteiger partial charge < -0.3 is 4.90 Å². The Morgan fingerprint density at radius 3 is 3.16 bits per heavy atom. The molecule has 98 valence electrons. The number of aromatic nitrogens is 2. The Hall–Kier alpha value is -1.75. The molecule has 1 atom stereocenters. The molecular formula is C14H15N3OS. The lowest BCUT2D eigenvalue weighted by atomic mass is 10.00. The van der Waals surface area contributed by atoms with E-state index in [1.54, 1.807) is 22.9 Å². The quantitative estimate of drug-likeness (QED) is 0.933. The van der Waals surface area contributed by atoms with Crippen LogP contribution in [0.2, 0.25) is 0 Å². The molecule has 0 bridgehead atoms. The molecule has 0 fully saturated rings. The van der Waals surface area contributed by atoms with Gasteiger partial charge in [-0.3, -0.25) is 9.89 Å². The molecule has 4 nitrogen and oxygen atoms in total. The zero-order chi connectivity index (χ0) is 13.2. The summed E-state index contributed by atoms with van der Waals surface area (Å²) in [5, 5.41) is 6.67. The van der Waals surface area contributed by atoms with Crippen molar-refractivity contribution in [3.8, 4) is 0 Å². The minimum absolute atomic E-state index is 0.0156. The van der Waals surface area contributed by atoms with Crippen molar-refractivity contribution in [1.29, 1.82) is 0 Å². The van der Waals surface area contributed by atoms with E-state index in [2.05, 4.69) is 22.3 Å². The number of rotatable bonds is 3. The molecular weight excluding hydrogens is 258 g/mol. The van der Waals surface area contributed by atoms with Crippen LogP contribution in [0.4, 0.5) is 0 Å². The van der Waals surface area contributed by atoms with Gasteiger partial charge in [0.1, 0.15) is 0 Å². The van der Waals surface area contributed by atoms with Crippen molar-refractivity contribution in [3.05, 3.63) is 47.8 Å². The fraction of sp³-hybridized carbons (Fsp3) is 0.286. The van der Waals surface area contributed by atoms with Crippen LogP contribution in [0.3, 0.4) is 0 Å². The molecule has 0 saturated heterocycles. The molecule has 5 heteroatoms. The fourth-order valence-electron chi connectivity index (χ4n) is 2.35. The third kappa shape index (κ3) is 2.38. The topological polar surface area (TPSA) is 49.0 Å². The molecule has 1 N–H and O–H groups in total. The van der Waals surface area contributed by atoms with Crippen molar-refractivity contribution < 1.29 is 4.79 Å². The Kier molecular flexibility index (Phi) is 3.29. The lowest BCUT2D eigenvalue weighted by molar-refractivity contribution is -0.131. The minimum atomic E-state index is -0.0156. The van der Waals surface area contributed by atoms with E-state index in [9.17, 15) is 4.79 Å². The van der Waals surface area contributed by atoms with Gasteiger partial charge in [0.15, 0.2) is 0 Å². The lowest BCUT2D eigenvalue weighted by Gasteiger charge is -2.20. The highest BCUT2D eigenvalue weighted by atomic mass is 32.2. The van der Waals surface area contributed by atoms with Crippen LogP contribution in [0.25, 0.3) is 0 Å². The SMILES string of the molecule is CN(Cc1cn[nH]c1)C(=O)C1CSc2ccccc21. The van der Waals surface area contributed by atoms with E-state index in [0.29, 0.717) is 6.54 Å². The maximum absolute atomic E-state index is 12.5. The first-order valence-electron chi connectivity index (χ1n) is 6.20. The number of nitrogens with zero attached hydrogens (tertiary/aromatic N) is 2. The first-order valence-corrected chi connectivity index (χ1v) is 7.18. The summed E-state index contributed by atoms with van der Waals surface area (Å²) in [5.41, 5.74) is 2.19. The molecule has 0 spiro atoms. The predicted molar refractivity (Wildman–Crippen MR) is 75.0 cm³/mol. The summed E-state index contributed by atoms with van der Waals surface area (Å²) in [7, 11) is 1.85. The molecule has 1 amide bonds. The van der Waals surface area contributed by atoms with E-state index in [0.717, 1.165) is 16.9 Å². The van der Waals surface area contributed by atoms with Crippen LogP contribution in [-0.4, -0.2) is 33.8 Å². The Labute approximate surface area is 116 Å². The Morgan fingerprint density at radius 1 is 1.53 bits per heavy atom. The van der Waals surface area contributed by atoms with E-state index < -0.39 is 0 Å². The Bertz CT molecular complexity index is 582. The molecule has 19 heavy (non-hydrogen) atoms. The summed E-state index contributed by atoms with van der Waals surface area (Å²) in [6.07, 6.45) is 3.57. The molecule has 2 aromatic rings. The maximum Gasteiger partial charge on any atom is 0.231 e. The van der Waals surface area contributed by atoms with Crippen molar-refractivity contribution in [2.45, 2.75) is 17.4 Å². The van der Waals surface area contributed by atoms with Gasteiger partial charge in [0.2, 0.25) is 5.91 Å². The first kappa shape index (κ1) is 12.3. The summed E-state index contributed by atoms with van der Waals surface area (Å²) >= 11 is 1.76. The van der Waals surface area contributed by atoms with Gasteiger partial charge in [0.25, 0.3) is 0 Å². The smallest absolute Gasteiger partial charge is 0.231 e. The van der Waals surface area contributed by atoms with Crippen LogP contribution >= 0.6 is 11.8 Å². The third-order valence-corrected chi connectivity index (χ3v) is 4.53. The summed E-state index contributed by atoms with van der Waals surface area (Å²) < 4.78 is 0. The minimum Gasteiger partial charge on any atom is -0.341 e. The Balaban J connectivity index is 1.74. The number of H-pyrrole nitrogens is 1. The summed E-state index contributed by atoms with van der Waals surface area (Å²) in [6.45, 7) is 0.596. The number of benzene rings is 1. The van der Waals surface area contributed by atoms with Crippen LogP contribution in [-0.2, 0) is 11.3 Å². The highest BCUT2D eigenvalue weighted by molar-refractivity contribution is 7.99. The van der Waals surface area contributed by atoms with E-state index in [-0.39, 0.29) is 11.8 Å². The van der Waals surface area contributed by atoms with Crippen molar-refractivity contribution in [2.75, 3.05) is 12.8 Å². The molecule has 0 saturated carbocycles. The molecule has 1 aromatic heterocycles. The number of hydrogen-bond donors (Lipinski definition) is 1. The number of amides is 1. The van der Waals surface area contributed by atoms with E-state index in [1.165, 1.54) is 4.90 Å². The van der Waals surface area contributed by atoms with Gasteiger partial charge in [0, 0.05) is 36.0 Å². The van der Waals surface area contributed by atoms with E-state index in [1.807, 2.05) is 25.4 Å². The monoisotopic (exact) mass is 273 g/mol. The van der Waals surface area contributed by atoms with Crippen LogP contribution in [0, 0.1) is 0 Å². The number of nitrogens with one attached hydrogen (secondary N) is 1. The zero-order valence-corrected chi connectivity index (χ0v) is 11.5. The fourth-order valence-corrected chi connectivity index (χ4v) is 3.57. The van der Waals surface area contributed by atoms with Gasteiger partial charge in [-0.25, -0.2) is 0 Å².